The molecule has 0 spiro atoms. The number of hydrogen-bond donors (Lipinski definition) is 1. The second-order valence-electron chi connectivity index (χ2n) is 6.57. The van der Waals surface area contributed by atoms with Crippen LogP contribution in [0.5, 0.6) is 5.75 Å². The molecule has 1 aliphatic heterocycles. The first-order valence-corrected chi connectivity index (χ1v) is 9.19. The Morgan fingerprint density at radius 2 is 1.88 bits per heavy atom. The third kappa shape index (κ3) is 4.07. The fourth-order valence-electron chi connectivity index (χ4n) is 3.57. The third-order valence-electron chi connectivity index (χ3n) is 4.98. The second-order valence-corrected chi connectivity index (χ2v) is 7.01. The number of halogens is 1. The molecule has 1 saturated carbocycles. The second kappa shape index (κ2) is 7.97. The Morgan fingerprint density at radius 3 is 2.54 bits per heavy atom. The standard InChI is InChI=1S/C18H26ClN3O2/c1-24-17-8-7-14(19)13-16(17)21-9-11-22(12-10-21)18(23)20-15-5-3-2-4-6-15/h7-8,13,15H,2-6,9-12H2,1H3,(H,20,23). The lowest BCUT2D eigenvalue weighted by Crippen LogP contribution is -2.53. The van der Waals surface area contributed by atoms with Crippen LogP contribution >= 0.6 is 11.6 Å². The van der Waals surface area contributed by atoms with Gasteiger partial charge in [-0.25, -0.2) is 4.79 Å². The van der Waals surface area contributed by atoms with Crippen LogP contribution in [0.15, 0.2) is 18.2 Å². The maximum Gasteiger partial charge on any atom is 0.317 e. The lowest BCUT2D eigenvalue weighted by atomic mass is 9.96. The predicted molar refractivity (Wildman–Crippen MR) is 97.2 cm³/mol. The largest absolute Gasteiger partial charge is 0.495 e. The van der Waals surface area contributed by atoms with E-state index in [9.17, 15) is 4.79 Å². The molecular formula is C18H26ClN3O2. The van der Waals surface area contributed by atoms with E-state index in [1.165, 1.54) is 19.3 Å². The normalized spacial score (nSPS) is 19.2. The van der Waals surface area contributed by atoms with Gasteiger partial charge in [-0.1, -0.05) is 30.9 Å². The fraction of sp³-hybridized carbons (Fsp3) is 0.611. The van der Waals surface area contributed by atoms with Gasteiger partial charge in [0.2, 0.25) is 0 Å². The molecule has 0 radical (unpaired) electrons. The molecule has 1 aliphatic carbocycles. The summed E-state index contributed by atoms with van der Waals surface area (Å²) >= 11 is 6.12. The van der Waals surface area contributed by atoms with Crippen LogP contribution in [-0.4, -0.2) is 50.3 Å². The van der Waals surface area contributed by atoms with Gasteiger partial charge in [0.05, 0.1) is 12.8 Å². The number of nitrogens with one attached hydrogen (secondary N) is 1. The van der Waals surface area contributed by atoms with Gasteiger partial charge < -0.3 is 19.9 Å². The SMILES string of the molecule is COc1ccc(Cl)cc1N1CCN(C(=O)NC2CCCCC2)CC1. The Kier molecular flexibility index (Phi) is 5.72. The lowest BCUT2D eigenvalue weighted by molar-refractivity contribution is 0.186. The Hall–Kier alpha value is -1.62. The van der Waals surface area contributed by atoms with Crippen molar-refractivity contribution >= 4 is 23.3 Å². The van der Waals surface area contributed by atoms with Crippen molar-refractivity contribution in [2.75, 3.05) is 38.2 Å². The van der Waals surface area contributed by atoms with Crippen LogP contribution in [0.25, 0.3) is 0 Å². The minimum absolute atomic E-state index is 0.0830. The number of hydrogen-bond acceptors (Lipinski definition) is 3. The van der Waals surface area contributed by atoms with E-state index < -0.39 is 0 Å². The quantitative estimate of drug-likeness (QED) is 0.906. The summed E-state index contributed by atoms with van der Waals surface area (Å²) in [5.74, 6) is 0.819. The van der Waals surface area contributed by atoms with Crippen molar-refractivity contribution in [2.45, 2.75) is 38.1 Å². The number of methoxy groups -OCH3 is 1. The van der Waals surface area contributed by atoms with Crippen molar-refractivity contribution in [2.24, 2.45) is 0 Å². The zero-order chi connectivity index (χ0) is 16.9. The summed E-state index contributed by atoms with van der Waals surface area (Å²) in [5.41, 5.74) is 0.998. The number of carbonyl (C=O) groups is 1. The van der Waals surface area contributed by atoms with Crippen molar-refractivity contribution < 1.29 is 9.53 Å². The average molecular weight is 352 g/mol. The maximum absolute atomic E-state index is 12.4. The van der Waals surface area contributed by atoms with Crippen LogP contribution in [-0.2, 0) is 0 Å². The minimum Gasteiger partial charge on any atom is -0.495 e. The third-order valence-corrected chi connectivity index (χ3v) is 5.22. The van der Waals surface area contributed by atoms with Crippen molar-refractivity contribution in [3.63, 3.8) is 0 Å². The molecule has 1 N–H and O–H groups in total. The molecule has 0 atom stereocenters. The summed E-state index contributed by atoms with van der Waals surface area (Å²) in [4.78, 5) is 16.6. The number of nitrogens with zero attached hydrogens (tertiary/aromatic N) is 2. The van der Waals surface area contributed by atoms with Crippen molar-refractivity contribution in [3.8, 4) is 5.75 Å². The number of ether oxygens (including phenoxy) is 1. The number of benzene rings is 1. The van der Waals surface area contributed by atoms with Gasteiger partial charge in [-0.3, -0.25) is 0 Å². The Labute approximate surface area is 148 Å². The molecule has 2 amide bonds. The minimum atomic E-state index is 0.0830. The Bertz CT molecular complexity index is 567. The van der Waals surface area contributed by atoms with Gasteiger partial charge in [-0.2, -0.15) is 0 Å². The summed E-state index contributed by atoms with van der Waals surface area (Å²) in [6, 6.07) is 6.09. The van der Waals surface area contributed by atoms with Crippen LogP contribution in [0.2, 0.25) is 5.02 Å². The van der Waals surface area contributed by atoms with E-state index in [4.69, 9.17) is 16.3 Å². The van der Waals surface area contributed by atoms with Gasteiger partial charge in [0.25, 0.3) is 0 Å². The van der Waals surface area contributed by atoms with Crippen LogP contribution in [0.4, 0.5) is 10.5 Å². The molecule has 0 bridgehead atoms. The fourth-order valence-corrected chi connectivity index (χ4v) is 3.74. The molecule has 1 heterocycles. The highest BCUT2D eigenvalue weighted by atomic mass is 35.5. The van der Waals surface area contributed by atoms with Crippen molar-refractivity contribution in [3.05, 3.63) is 23.2 Å². The highest BCUT2D eigenvalue weighted by Crippen LogP contribution is 2.31. The summed E-state index contributed by atoms with van der Waals surface area (Å²) in [6.07, 6.45) is 5.99. The number of anilines is 1. The van der Waals surface area contributed by atoms with Gasteiger partial charge >= 0.3 is 6.03 Å². The van der Waals surface area contributed by atoms with Crippen LogP contribution in [0, 0.1) is 0 Å². The molecule has 1 aromatic rings. The average Bonchev–Trinajstić information content (AvgIpc) is 2.62. The first-order chi connectivity index (χ1) is 11.7. The first-order valence-electron chi connectivity index (χ1n) is 8.81. The molecule has 3 rings (SSSR count). The lowest BCUT2D eigenvalue weighted by Gasteiger charge is -2.37. The molecule has 6 heteroatoms. The summed E-state index contributed by atoms with van der Waals surface area (Å²) in [6.45, 7) is 3.01. The molecular weight excluding hydrogens is 326 g/mol. The van der Waals surface area contributed by atoms with Gasteiger partial charge in [0.15, 0.2) is 0 Å². The van der Waals surface area contributed by atoms with Crippen LogP contribution < -0.4 is 15.0 Å². The number of rotatable bonds is 3. The summed E-state index contributed by atoms with van der Waals surface area (Å²) in [7, 11) is 1.67. The van der Waals surface area contributed by atoms with E-state index in [1.807, 2.05) is 23.1 Å². The molecule has 0 unspecified atom stereocenters. The number of amides is 2. The van der Waals surface area contributed by atoms with E-state index in [1.54, 1.807) is 7.11 Å². The monoisotopic (exact) mass is 351 g/mol. The predicted octanol–water partition coefficient (Wildman–Crippen LogP) is 3.51. The molecule has 2 fully saturated rings. The van der Waals surface area contributed by atoms with Crippen LogP contribution in [0.3, 0.4) is 0 Å². The van der Waals surface area contributed by atoms with E-state index in [-0.39, 0.29) is 6.03 Å². The van der Waals surface area contributed by atoms with E-state index in [0.29, 0.717) is 24.2 Å². The summed E-state index contributed by atoms with van der Waals surface area (Å²) in [5, 5.41) is 3.89. The number of piperazine rings is 1. The molecule has 24 heavy (non-hydrogen) atoms. The number of carbonyl (C=O) groups excluding carboxylic acids is 1. The first kappa shape index (κ1) is 17.2. The maximum atomic E-state index is 12.4. The van der Waals surface area contributed by atoms with Gasteiger partial charge in [0, 0.05) is 37.2 Å². The highest BCUT2D eigenvalue weighted by molar-refractivity contribution is 6.30. The van der Waals surface area contributed by atoms with E-state index in [2.05, 4.69) is 10.2 Å². The van der Waals surface area contributed by atoms with Gasteiger partial charge in [0.1, 0.15) is 5.75 Å². The molecule has 1 aromatic carbocycles. The smallest absolute Gasteiger partial charge is 0.317 e. The molecule has 5 nitrogen and oxygen atoms in total. The van der Waals surface area contributed by atoms with Crippen LogP contribution in [0.1, 0.15) is 32.1 Å². The van der Waals surface area contributed by atoms with Crippen molar-refractivity contribution in [1.82, 2.24) is 10.2 Å². The topological polar surface area (TPSA) is 44.8 Å². The zero-order valence-electron chi connectivity index (χ0n) is 14.3. The molecule has 2 aliphatic rings. The molecule has 0 aromatic heterocycles. The van der Waals surface area contributed by atoms with Crippen molar-refractivity contribution in [1.29, 1.82) is 0 Å². The van der Waals surface area contributed by atoms with E-state index in [0.717, 1.165) is 37.4 Å². The van der Waals surface area contributed by atoms with Gasteiger partial charge in [-0.05, 0) is 31.0 Å². The van der Waals surface area contributed by atoms with E-state index >= 15 is 0 Å². The molecule has 132 valence electrons. The highest BCUT2D eigenvalue weighted by Gasteiger charge is 2.25. The number of urea groups is 1. The zero-order valence-corrected chi connectivity index (χ0v) is 15.0. The Morgan fingerprint density at radius 1 is 1.17 bits per heavy atom. The Balaban J connectivity index is 1.55. The summed E-state index contributed by atoms with van der Waals surface area (Å²) < 4.78 is 5.44. The molecule has 1 saturated heterocycles. The van der Waals surface area contributed by atoms with Gasteiger partial charge in [-0.15, -0.1) is 0 Å².